The summed E-state index contributed by atoms with van der Waals surface area (Å²) in [5.74, 6) is 0. The minimum absolute atomic E-state index is 0.239. The van der Waals surface area contributed by atoms with Crippen molar-refractivity contribution in [1.29, 1.82) is 0 Å². The smallest absolute Gasteiger partial charge is 0.409 e. The second-order valence-corrected chi connectivity index (χ2v) is 2.99. The zero-order chi connectivity index (χ0) is 9.68. The van der Waals surface area contributed by atoms with E-state index in [1.54, 1.807) is 12.0 Å². The van der Waals surface area contributed by atoms with Gasteiger partial charge in [0.25, 0.3) is 0 Å². The van der Waals surface area contributed by atoms with E-state index in [0.29, 0.717) is 6.73 Å². The molecule has 1 fully saturated rings. The molecule has 0 aromatic carbocycles. The maximum Gasteiger partial charge on any atom is 0.409 e. The fourth-order valence-electron chi connectivity index (χ4n) is 1.37. The minimum atomic E-state index is -0.239. The van der Waals surface area contributed by atoms with E-state index in [1.165, 1.54) is 7.11 Å². The van der Waals surface area contributed by atoms with E-state index in [2.05, 4.69) is 9.64 Å². The van der Waals surface area contributed by atoms with Crippen LogP contribution in [0, 0.1) is 0 Å². The average molecular weight is 188 g/mol. The second-order valence-electron chi connectivity index (χ2n) is 2.99. The molecule has 1 amide bonds. The number of methoxy groups -OCH3 is 2. The molecule has 0 radical (unpaired) electrons. The maximum atomic E-state index is 11.1. The lowest BCUT2D eigenvalue weighted by Gasteiger charge is -2.33. The first kappa shape index (κ1) is 10.3. The van der Waals surface area contributed by atoms with E-state index in [1.807, 2.05) is 0 Å². The summed E-state index contributed by atoms with van der Waals surface area (Å²) in [5.41, 5.74) is 0. The Balaban J connectivity index is 2.26. The molecule has 1 rings (SSSR count). The molecule has 1 saturated heterocycles. The quantitative estimate of drug-likeness (QED) is 0.610. The summed E-state index contributed by atoms with van der Waals surface area (Å²) in [6.07, 6.45) is -0.239. The lowest BCUT2D eigenvalue weighted by molar-refractivity contribution is 0.0257. The van der Waals surface area contributed by atoms with E-state index >= 15 is 0 Å². The third-order valence-electron chi connectivity index (χ3n) is 2.12. The summed E-state index contributed by atoms with van der Waals surface area (Å²) in [7, 11) is 3.08. The highest BCUT2D eigenvalue weighted by Gasteiger charge is 2.20. The van der Waals surface area contributed by atoms with Gasteiger partial charge in [-0.3, -0.25) is 4.90 Å². The van der Waals surface area contributed by atoms with Gasteiger partial charge in [0, 0.05) is 33.3 Å². The average Bonchev–Trinajstić information content (AvgIpc) is 2.18. The summed E-state index contributed by atoms with van der Waals surface area (Å²) >= 11 is 0. The zero-order valence-electron chi connectivity index (χ0n) is 8.15. The van der Waals surface area contributed by atoms with Crippen LogP contribution in [0.15, 0.2) is 0 Å². The lowest BCUT2D eigenvalue weighted by atomic mass is 10.3. The molecule has 0 aromatic rings. The van der Waals surface area contributed by atoms with Crippen molar-refractivity contribution in [2.24, 2.45) is 0 Å². The van der Waals surface area contributed by atoms with Crippen LogP contribution in [0.2, 0.25) is 0 Å². The molecule has 5 heteroatoms. The third-order valence-corrected chi connectivity index (χ3v) is 2.12. The number of carbonyl (C=O) groups is 1. The Bertz CT molecular complexity index is 167. The maximum absolute atomic E-state index is 11.1. The molecule has 1 aliphatic heterocycles. The third kappa shape index (κ3) is 2.86. The summed E-state index contributed by atoms with van der Waals surface area (Å²) in [6, 6.07) is 0. The van der Waals surface area contributed by atoms with Crippen LogP contribution < -0.4 is 0 Å². The van der Waals surface area contributed by atoms with Crippen molar-refractivity contribution in [2.75, 3.05) is 47.1 Å². The van der Waals surface area contributed by atoms with E-state index in [0.717, 1.165) is 26.2 Å². The Kier molecular flexibility index (Phi) is 3.98. The Morgan fingerprint density at radius 3 is 2.31 bits per heavy atom. The van der Waals surface area contributed by atoms with Crippen molar-refractivity contribution < 1.29 is 14.3 Å². The molecule has 0 spiro atoms. The van der Waals surface area contributed by atoms with E-state index in [4.69, 9.17) is 4.74 Å². The predicted octanol–water partition coefficient (Wildman–Crippen LogP) is -0.0257. The summed E-state index contributed by atoms with van der Waals surface area (Å²) < 4.78 is 9.62. The number of carbonyl (C=O) groups excluding carboxylic acids is 1. The first-order valence-corrected chi connectivity index (χ1v) is 4.32. The second kappa shape index (κ2) is 5.04. The monoisotopic (exact) mass is 188 g/mol. The van der Waals surface area contributed by atoms with Crippen molar-refractivity contribution in [1.82, 2.24) is 9.80 Å². The van der Waals surface area contributed by atoms with Crippen LogP contribution >= 0.6 is 0 Å². The van der Waals surface area contributed by atoms with Crippen LogP contribution in [-0.2, 0) is 9.47 Å². The van der Waals surface area contributed by atoms with Gasteiger partial charge < -0.3 is 14.4 Å². The molecule has 0 N–H and O–H groups in total. The summed E-state index contributed by atoms with van der Waals surface area (Å²) in [4.78, 5) is 14.9. The Labute approximate surface area is 78.2 Å². The van der Waals surface area contributed by atoms with Crippen LogP contribution in [0.4, 0.5) is 4.79 Å². The minimum Gasteiger partial charge on any atom is -0.453 e. The van der Waals surface area contributed by atoms with E-state index in [-0.39, 0.29) is 6.09 Å². The molecule has 76 valence electrons. The molecule has 0 bridgehead atoms. The van der Waals surface area contributed by atoms with E-state index < -0.39 is 0 Å². The van der Waals surface area contributed by atoms with Gasteiger partial charge in [-0.2, -0.15) is 0 Å². The van der Waals surface area contributed by atoms with Gasteiger partial charge in [0.15, 0.2) is 0 Å². The molecular formula is C8H16N2O3. The first-order valence-electron chi connectivity index (χ1n) is 4.32. The summed E-state index contributed by atoms with van der Waals surface area (Å²) in [6.45, 7) is 3.77. The Morgan fingerprint density at radius 1 is 1.23 bits per heavy atom. The van der Waals surface area contributed by atoms with Crippen LogP contribution in [0.5, 0.6) is 0 Å². The van der Waals surface area contributed by atoms with Gasteiger partial charge in [0.2, 0.25) is 0 Å². The van der Waals surface area contributed by atoms with Crippen LogP contribution in [0.25, 0.3) is 0 Å². The highest BCUT2D eigenvalue weighted by atomic mass is 16.5. The number of nitrogens with zero attached hydrogens (tertiary/aromatic N) is 2. The molecule has 5 nitrogen and oxygen atoms in total. The number of ether oxygens (including phenoxy) is 2. The van der Waals surface area contributed by atoms with Crippen molar-refractivity contribution >= 4 is 6.09 Å². The van der Waals surface area contributed by atoms with Gasteiger partial charge >= 0.3 is 6.09 Å². The van der Waals surface area contributed by atoms with Crippen LogP contribution in [-0.4, -0.2) is 63.0 Å². The standard InChI is InChI=1S/C8H16N2O3/c1-12-7-9-3-5-10(6-4-9)8(11)13-2/h3-7H2,1-2H3. The van der Waals surface area contributed by atoms with Gasteiger partial charge in [-0.05, 0) is 0 Å². The fraction of sp³-hybridized carbons (Fsp3) is 0.875. The molecule has 1 heterocycles. The number of hydrogen-bond acceptors (Lipinski definition) is 4. The number of amides is 1. The van der Waals surface area contributed by atoms with Gasteiger partial charge in [-0.1, -0.05) is 0 Å². The van der Waals surface area contributed by atoms with E-state index in [9.17, 15) is 4.79 Å². The van der Waals surface area contributed by atoms with Crippen LogP contribution in [0.1, 0.15) is 0 Å². The largest absolute Gasteiger partial charge is 0.453 e. The lowest BCUT2D eigenvalue weighted by Crippen LogP contribution is -2.49. The first-order chi connectivity index (χ1) is 6.27. The number of rotatable bonds is 2. The normalized spacial score (nSPS) is 18.8. The molecule has 0 saturated carbocycles. The summed E-state index contributed by atoms with van der Waals surface area (Å²) in [5, 5.41) is 0. The van der Waals surface area contributed by atoms with Crippen molar-refractivity contribution in [3.8, 4) is 0 Å². The molecular weight excluding hydrogens is 172 g/mol. The highest BCUT2D eigenvalue weighted by molar-refractivity contribution is 5.67. The molecule has 13 heavy (non-hydrogen) atoms. The van der Waals surface area contributed by atoms with Gasteiger partial charge in [-0.25, -0.2) is 4.79 Å². The number of piperazine rings is 1. The Morgan fingerprint density at radius 2 is 1.85 bits per heavy atom. The fourth-order valence-corrected chi connectivity index (χ4v) is 1.37. The van der Waals surface area contributed by atoms with Gasteiger partial charge in [-0.15, -0.1) is 0 Å². The molecule has 0 unspecified atom stereocenters. The van der Waals surface area contributed by atoms with Crippen molar-refractivity contribution in [3.05, 3.63) is 0 Å². The number of hydrogen-bond donors (Lipinski definition) is 0. The molecule has 0 atom stereocenters. The predicted molar refractivity (Wildman–Crippen MR) is 47.4 cm³/mol. The zero-order valence-corrected chi connectivity index (χ0v) is 8.15. The molecule has 0 aliphatic carbocycles. The Hall–Kier alpha value is -0.810. The highest BCUT2D eigenvalue weighted by Crippen LogP contribution is 2.02. The SMILES string of the molecule is COCN1CCN(C(=O)OC)CC1. The van der Waals surface area contributed by atoms with Crippen molar-refractivity contribution in [2.45, 2.75) is 0 Å². The van der Waals surface area contributed by atoms with Gasteiger partial charge in [0.05, 0.1) is 13.8 Å². The van der Waals surface area contributed by atoms with Gasteiger partial charge in [0.1, 0.15) is 0 Å². The molecule has 1 aliphatic rings. The van der Waals surface area contributed by atoms with Crippen molar-refractivity contribution in [3.63, 3.8) is 0 Å². The topological polar surface area (TPSA) is 42.0 Å². The molecule has 0 aromatic heterocycles. The van der Waals surface area contributed by atoms with Crippen LogP contribution in [0.3, 0.4) is 0 Å².